The van der Waals surface area contributed by atoms with Crippen LogP contribution in [0.2, 0.25) is 0 Å². The second kappa shape index (κ2) is 15.7. The van der Waals surface area contributed by atoms with Crippen molar-refractivity contribution in [3.05, 3.63) is 0 Å². The van der Waals surface area contributed by atoms with E-state index in [1.165, 1.54) is 6.42 Å². The van der Waals surface area contributed by atoms with E-state index in [0.29, 0.717) is 12.0 Å². The average Bonchev–Trinajstić information content (AvgIpc) is 2.68. The maximum absolute atomic E-state index is 9.44. The summed E-state index contributed by atoms with van der Waals surface area (Å²) in [7, 11) is 0. The second-order valence-corrected chi connectivity index (χ2v) is 8.19. The summed E-state index contributed by atoms with van der Waals surface area (Å²) < 4.78 is 5.52. The van der Waals surface area contributed by atoms with E-state index in [4.69, 9.17) is 9.73 Å². The van der Waals surface area contributed by atoms with Gasteiger partial charge in [-0.2, -0.15) is 0 Å². The van der Waals surface area contributed by atoms with Gasteiger partial charge in [0.25, 0.3) is 0 Å². The van der Waals surface area contributed by atoms with Gasteiger partial charge in [0.05, 0.1) is 13.2 Å². The fourth-order valence-electron chi connectivity index (χ4n) is 3.79. The Balaban J connectivity index is 0.00000729. The van der Waals surface area contributed by atoms with Gasteiger partial charge in [-0.05, 0) is 43.9 Å². The zero-order valence-corrected chi connectivity index (χ0v) is 21.1. The number of hydrogen-bond donors (Lipinski definition) is 3. The van der Waals surface area contributed by atoms with Gasteiger partial charge in [-0.1, -0.05) is 27.7 Å². The molecule has 1 saturated heterocycles. The van der Waals surface area contributed by atoms with Crippen molar-refractivity contribution in [2.24, 2.45) is 16.3 Å². The van der Waals surface area contributed by atoms with E-state index in [1.807, 2.05) is 0 Å². The molecule has 0 radical (unpaired) electrons. The van der Waals surface area contributed by atoms with Gasteiger partial charge in [0, 0.05) is 45.4 Å². The lowest BCUT2D eigenvalue weighted by Gasteiger charge is -2.36. The molecule has 0 aromatic rings. The van der Waals surface area contributed by atoms with Crippen LogP contribution in [0.4, 0.5) is 0 Å². The molecular formula is C21H45IN4O2. The number of aliphatic hydroxyl groups excluding tert-OH is 1. The summed E-state index contributed by atoms with van der Waals surface area (Å²) in [5.41, 5.74) is 0.0959. The number of morpholine rings is 1. The highest BCUT2D eigenvalue weighted by Gasteiger charge is 2.26. The standard InChI is InChI=1S/C21H44N4O2.HI/c1-6-21(7-2,9-12-26)17-24-20(22-8-3)23-16-19(15-18(4)5)25-10-13-27-14-11-25;/h18-19,26H,6-17H2,1-5H3,(H2,22,23,24);1H. The number of nitrogens with zero attached hydrogens (tertiary/aromatic N) is 2. The molecule has 1 unspecified atom stereocenters. The molecule has 0 aliphatic carbocycles. The van der Waals surface area contributed by atoms with E-state index < -0.39 is 0 Å². The van der Waals surface area contributed by atoms with E-state index in [1.54, 1.807) is 0 Å². The Morgan fingerprint density at radius 2 is 1.79 bits per heavy atom. The van der Waals surface area contributed by atoms with E-state index in [9.17, 15) is 5.11 Å². The lowest BCUT2D eigenvalue weighted by Crippen LogP contribution is -2.51. The van der Waals surface area contributed by atoms with E-state index >= 15 is 0 Å². The first-order valence-corrected chi connectivity index (χ1v) is 10.9. The molecule has 0 aromatic carbocycles. The predicted molar refractivity (Wildman–Crippen MR) is 130 cm³/mol. The first-order valence-electron chi connectivity index (χ1n) is 10.9. The Labute approximate surface area is 190 Å². The van der Waals surface area contributed by atoms with Crippen molar-refractivity contribution in [3.8, 4) is 0 Å². The molecule has 7 heteroatoms. The summed E-state index contributed by atoms with van der Waals surface area (Å²) in [6.07, 6.45) is 4.06. The lowest BCUT2D eigenvalue weighted by molar-refractivity contribution is 0.0132. The Hall–Kier alpha value is -0.120. The molecule has 1 heterocycles. The van der Waals surface area contributed by atoms with Crippen molar-refractivity contribution < 1.29 is 9.84 Å². The number of guanidine groups is 1. The van der Waals surface area contributed by atoms with Crippen LogP contribution in [0.1, 0.15) is 60.3 Å². The summed E-state index contributed by atoms with van der Waals surface area (Å²) in [5.74, 6) is 1.56. The summed E-state index contributed by atoms with van der Waals surface area (Å²) in [6.45, 7) is 17.5. The van der Waals surface area contributed by atoms with Crippen molar-refractivity contribution in [2.75, 3.05) is 52.5 Å². The highest BCUT2D eigenvalue weighted by Crippen LogP contribution is 2.30. The number of aliphatic hydroxyl groups is 1. The van der Waals surface area contributed by atoms with Crippen molar-refractivity contribution in [3.63, 3.8) is 0 Å². The fourth-order valence-corrected chi connectivity index (χ4v) is 3.79. The number of ether oxygens (including phenoxy) is 1. The smallest absolute Gasteiger partial charge is 0.191 e. The van der Waals surface area contributed by atoms with Gasteiger partial charge < -0.3 is 20.5 Å². The number of aliphatic imine (C=N–C) groups is 1. The largest absolute Gasteiger partial charge is 0.396 e. The van der Waals surface area contributed by atoms with Crippen LogP contribution in [0, 0.1) is 11.3 Å². The highest BCUT2D eigenvalue weighted by molar-refractivity contribution is 14.0. The molecule has 0 bridgehead atoms. The number of halogens is 1. The summed E-state index contributed by atoms with van der Waals surface area (Å²) in [4.78, 5) is 7.43. The van der Waals surface area contributed by atoms with Gasteiger partial charge >= 0.3 is 0 Å². The third-order valence-corrected chi connectivity index (χ3v) is 5.87. The zero-order valence-electron chi connectivity index (χ0n) is 18.8. The minimum absolute atomic E-state index is 0. The van der Waals surface area contributed by atoms with Crippen molar-refractivity contribution in [1.29, 1.82) is 0 Å². The molecule has 1 rings (SSSR count). The van der Waals surface area contributed by atoms with Gasteiger partial charge in [0.15, 0.2) is 5.96 Å². The van der Waals surface area contributed by atoms with Crippen LogP contribution >= 0.6 is 24.0 Å². The van der Waals surface area contributed by atoms with Crippen molar-refractivity contribution in [1.82, 2.24) is 15.5 Å². The molecule has 168 valence electrons. The molecule has 3 N–H and O–H groups in total. The van der Waals surface area contributed by atoms with Crippen molar-refractivity contribution in [2.45, 2.75) is 66.3 Å². The summed E-state index contributed by atoms with van der Waals surface area (Å²) >= 11 is 0. The Morgan fingerprint density at radius 1 is 1.14 bits per heavy atom. The van der Waals surface area contributed by atoms with Crippen LogP contribution in [-0.4, -0.2) is 74.6 Å². The fraction of sp³-hybridized carbons (Fsp3) is 0.952. The molecule has 1 aliphatic heterocycles. The van der Waals surface area contributed by atoms with Crippen LogP contribution < -0.4 is 10.6 Å². The van der Waals surface area contributed by atoms with Crippen LogP contribution in [0.5, 0.6) is 0 Å². The van der Waals surface area contributed by atoms with Crippen LogP contribution in [0.15, 0.2) is 4.99 Å². The molecule has 0 amide bonds. The number of hydrogen-bond acceptors (Lipinski definition) is 4. The Kier molecular flexibility index (Phi) is 15.6. The molecule has 1 atom stereocenters. The Bertz CT molecular complexity index is 411. The minimum atomic E-state index is 0. The first kappa shape index (κ1) is 27.9. The van der Waals surface area contributed by atoms with Crippen LogP contribution in [0.3, 0.4) is 0 Å². The molecule has 6 nitrogen and oxygen atoms in total. The maximum Gasteiger partial charge on any atom is 0.191 e. The van der Waals surface area contributed by atoms with Gasteiger partial charge in [0.2, 0.25) is 0 Å². The monoisotopic (exact) mass is 512 g/mol. The van der Waals surface area contributed by atoms with Crippen LogP contribution in [0.25, 0.3) is 0 Å². The minimum Gasteiger partial charge on any atom is -0.396 e. The van der Waals surface area contributed by atoms with Gasteiger partial charge in [-0.25, -0.2) is 0 Å². The second-order valence-electron chi connectivity index (χ2n) is 8.19. The highest BCUT2D eigenvalue weighted by atomic mass is 127. The average molecular weight is 513 g/mol. The predicted octanol–water partition coefficient (Wildman–Crippen LogP) is 3.10. The van der Waals surface area contributed by atoms with Crippen LogP contribution in [-0.2, 0) is 4.74 Å². The molecule has 0 saturated carbocycles. The third-order valence-electron chi connectivity index (χ3n) is 5.87. The topological polar surface area (TPSA) is 69.1 Å². The molecule has 1 fully saturated rings. The lowest BCUT2D eigenvalue weighted by atomic mass is 9.79. The third kappa shape index (κ3) is 10.1. The molecular weight excluding hydrogens is 467 g/mol. The van der Waals surface area contributed by atoms with Crippen molar-refractivity contribution >= 4 is 29.9 Å². The van der Waals surface area contributed by atoms with E-state index in [0.717, 1.165) is 71.2 Å². The summed E-state index contributed by atoms with van der Waals surface area (Å²) in [5, 5.41) is 16.4. The SMILES string of the molecule is CCNC(=NCC(CC)(CC)CCO)NCC(CC(C)C)N1CCOCC1.I. The number of rotatable bonds is 12. The molecule has 1 aliphatic rings. The first-order chi connectivity index (χ1) is 13.0. The zero-order chi connectivity index (χ0) is 20.1. The molecule has 28 heavy (non-hydrogen) atoms. The van der Waals surface area contributed by atoms with Gasteiger partial charge in [-0.3, -0.25) is 9.89 Å². The molecule has 0 spiro atoms. The maximum atomic E-state index is 9.44. The molecule has 0 aromatic heterocycles. The van der Waals surface area contributed by atoms with E-state index in [2.05, 4.69) is 50.2 Å². The number of nitrogens with one attached hydrogen (secondary N) is 2. The normalized spacial score (nSPS) is 17.3. The Morgan fingerprint density at radius 3 is 2.29 bits per heavy atom. The van der Waals surface area contributed by atoms with E-state index in [-0.39, 0.29) is 36.0 Å². The van der Waals surface area contributed by atoms with Gasteiger partial charge in [0.1, 0.15) is 0 Å². The quantitative estimate of drug-likeness (QED) is 0.213. The summed E-state index contributed by atoms with van der Waals surface area (Å²) in [6, 6.07) is 0.498. The van der Waals surface area contributed by atoms with Gasteiger partial charge in [-0.15, -0.1) is 24.0 Å².